The largest absolute Gasteiger partial charge is 0.338 e. The third-order valence-electron chi connectivity index (χ3n) is 4.11. The lowest BCUT2D eigenvalue weighted by atomic mass is 9.95. The summed E-state index contributed by atoms with van der Waals surface area (Å²) in [4.78, 5) is 14.7. The van der Waals surface area contributed by atoms with E-state index in [1.807, 2.05) is 0 Å². The molecule has 1 aromatic rings. The molecule has 3 nitrogen and oxygen atoms in total. The van der Waals surface area contributed by atoms with Crippen molar-refractivity contribution in [1.82, 2.24) is 10.2 Å². The molecule has 3 heteroatoms. The highest BCUT2D eigenvalue weighted by Gasteiger charge is 2.36. The Morgan fingerprint density at radius 3 is 2.74 bits per heavy atom. The molecule has 3 rings (SSSR count). The Labute approximate surface area is 115 Å². The van der Waals surface area contributed by atoms with Crippen molar-refractivity contribution in [3.05, 3.63) is 35.4 Å². The van der Waals surface area contributed by atoms with Gasteiger partial charge in [-0.2, -0.15) is 0 Å². The van der Waals surface area contributed by atoms with Crippen LogP contribution in [0.1, 0.15) is 37.3 Å². The minimum atomic E-state index is -0.0259. The number of fused-ring (bicyclic) bond motifs is 1. The van der Waals surface area contributed by atoms with Gasteiger partial charge in [0.05, 0.1) is 6.04 Å². The summed E-state index contributed by atoms with van der Waals surface area (Å²) in [6.07, 6.45) is 4.26. The van der Waals surface area contributed by atoms with Crippen molar-refractivity contribution in [3.8, 4) is 0 Å². The second-order valence-corrected chi connectivity index (χ2v) is 5.67. The van der Waals surface area contributed by atoms with E-state index in [9.17, 15) is 4.79 Å². The summed E-state index contributed by atoms with van der Waals surface area (Å²) in [5, 5.41) is 3.41. The molecule has 1 amide bonds. The molecular formula is C16H22N2O. The Morgan fingerprint density at radius 1 is 1.32 bits per heavy atom. The van der Waals surface area contributed by atoms with Gasteiger partial charge in [0.15, 0.2) is 0 Å². The lowest BCUT2D eigenvalue weighted by molar-refractivity contribution is -0.134. The summed E-state index contributed by atoms with van der Waals surface area (Å²) in [5.41, 5.74) is 2.66. The fourth-order valence-electron chi connectivity index (χ4n) is 2.93. The van der Waals surface area contributed by atoms with E-state index in [2.05, 4.69) is 41.4 Å². The monoisotopic (exact) mass is 258 g/mol. The van der Waals surface area contributed by atoms with Crippen molar-refractivity contribution in [1.29, 1.82) is 0 Å². The van der Waals surface area contributed by atoms with Crippen LogP contribution in [0.2, 0.25) is 0 Å². The van der Waals surface area contributed by atoms with Crippen molar-refractivity contribution in [3.63, 3.8) is 0 Å². The highest BCUT2D eigenvalue weighted by atomic mass is 16.2. The lowest BCUT2D eigenvalue weighted by Gasteiger charge is -2.31. The number of benzene rings is 1. The molecule has 1 heterocycles. The van der Waals surface area contributed by atoms with Crippen LogP contribution in [-0.4, -0.2) is 29.4 Å². The van der Waals surface area contributed by atoms with Gasteiger partial charge in [-0.1, -0.05) is 31.2 Å². The average Bonchev–Trinajstić information content (AvgIpc) is 3.28. The zero-order valence-electron chi connectivity index (χ0n) is 11.6. The highest BCUT2D eigenvalue weighted by Crippen LogP contribution is 2.28. The van der Waals surface area contributed by atoms with E-state index in [-0.39, 0.29) is 6.04 Å². The van der Waals surface area contributed by atoms with Crippen molar-refractivity contribution >= 4 is 5.91 Å². The van der Waals surface area contributed by atoms with Crippen molar-refractivity contribution in [2.24, 2.45) is 0 Å². The molecule has 0 bridgehead atoms. The number of amides is 1. The molecular weight excluding hydrogens is 236 g/mol. The topological polar surface area (TPSA) is 32.3 Å². The normalized spacial score (nSPS) is 21.8. The predicted molar refractivity (Wildman–Crippen MR) is 75.8 cm³/mol. The van der Waals surface area contributed by atoms with E-state index in [0.717, 1.165) is 25.9 Å². The maximum Gasteiger partial charge on any atom is 0.240 e. The number of nitrogens with one attached hydrogen (secondary N) is 1. The van der Waals surface area contributed by atoms with E-state index < -0.39 is 0 Å². The summed E-state index contributed by atoms with van der Waals surface area (Å²) >= 11 is 0. The first-order chi connectivity index (χ1) is 9.29. The van der Waals surface area contributed by atoms with Crippen LogP contribution in [0.3, 0.4) is 0 Å². The molecule has 1 aromatic carbocycles. The number of rotatable bonds is 4. The first-order valence-electron chi connectivity index (χ1n) is 7.40. The average molecular weight is 258 g/mol. The molecule has 0 unspecified atom stereocenters. The predicted octanol–water partition coefficient (Wildman–Crippen LogP) is 2.10. The molecule has 1 saturated carbocycles. The van der Waals surface area contributed by atoms with Crippen LogP contribution in [0.25, 0.3) is 0 Å². The molecule has 19 heavy (non-hydrogen) atoms. The van der Waals surface area contributed by atoms with Crippen LogP contribution in [0.4, 0.5) is 0 Å². The molecule has 1 fully saturated rings. The van der Waals surface area contributed by atoms with Gasteiger partial charge in [-0.25, -0.2) is 0 Å². The zero-order chi connectivity index (χ0) is 13.2. The van der Waals surface area contributed by atoms with Gasteiger partial charge < -0.3 is 10.2 Å². The standard InChI is InChI=1S/C16H22N2O/c1-2-9-18(14-7-8-14)16(19)15-10-12-5-3-4-6-13(12)11-17-15/h3-6,14-15,17H,2,7-11H2,1H3/t15-/m0/s1. The number of hydrogen-bond acceptors (Lipinski definition) is 2. The quantitative estimate of drug-likeness (QED) is 0.897. The highest BCUT2D eigenvalue weighted by molar-refractivity contribution is 5.83. The summed E-state index contributed by atoms with van der Waals surface area (Å²) < 4.78 is 0. The van der Waals surface area contributed by atoms with Crippen LogP contribution in [0, 0.1) is 0 Å². The van der Waals surface area contributed by atoms with E-state index in [1.165, 1.54) is 24.0 Å². The Morgan fingerprint density at radius 2 is 2.05 bits per heavy atom. The first-order valence-corrected chi connectivity index (χ1v) is 7.40. The Hall–Kier alpha value is -1.35. The molecule has 0 spiro atoms. The van der Waals surface area contributed by atoms with Gasteiger partial charge in [0.1, 0.15) is 0 Å². The Kier molecular flexibility index (Phi) is 3.56. The maximum atomic E-state index is 12.6. The van der Waals surface area contributed by atoms with Crippen molar-refractivity contribution < 1.29 is 4.79 Å². The van der Waals surface area contributed by atoms with E-state index in [4.69, 9.17) is 0 Å². The number of carbonyl (C=O) groups is 1. The van der Waals surface area contributed by atoms with E-state index in [0.29, 0.717) is 11.9 Å². The minimum absolute atomic E-state index is 0.0259. The fourth-order valence-corrected chi connectivity index (χ4v) is 2.93. The number of nitrogens with zero attached hydrogens (tertiary/aromatic N) is 1. The van der Waals surface area contributed by atoms with Crippen LogP contribution in [-0.2, 0) is 17.8 Å². The van der Waals surface area contributed by atoms with Gasteiger partial charge in [-0.15, -0.1) is 0 Å². The lowest BCUT2D eigenvalue weighted by Crippen LogP contribution is -2.50. The number of hydrogen-bond donors (Lipinski definition) is 1. The van der Waals surface area contributed by atoms with Gasteiger partial charge in [0.2, 0.25) is 5.91 Å². The second kappa shape index (κ2) is 5.33. The van der Waals surface area contributed by atoms with Gasteiger partial charge in [-0.05, 0) is 36.8 Å². The maximum absolute atomic E-state index is 12.6. The minimum Gasteiger partial charge on any atom is -0.338 e. The van der Waals surface area contributed by atoms with Crippen LogP contribution < -0.4 is 5.32 Å². The van der Waals surface area contributed by atoms with Gasteiger partial charge in [-0.3, -0.25) is 4.79 Å². The fraction of sp³-hybridized carbons (Fsp3) is 0.562. The summed E-state index contributed by atoms with van der Waals surface area (Å²) in [6, 6.07) is 8.92. The van der Waals surface area contributed by atoms with Crippen LogP contribution in [0.15, 0.2) is 24.3 Å². The Balaban J connectivity index is 1.71. The van der Waals surface area contributed by atoms with Crippen LogP contribution >= 0.6 is 0 Å². The van der Waals surface area contributed by atoms with E-state index in [1.54, 1.807) is 0 Å². The van der Waals surface area contributed by atoms with Gasteiger partial charge >= 0.3 is 0 Å². The molecule has 1 atom stereocenters. The second-order valence-electron chi connectivity index (χ2n) is 5.67. The third kappa shape index (κ3) is 2.66. The molecule has 1 N–H and O–H groups in total. The molecule has 0 radical (unpaired) electrons. The summed E-state index contributed by atoms with van der Waals surface area (Å²) in [7, 11) is 0. The van der Waals surface area contributed by atoms with Gasteiger partial charge in [0, 0.05) is 19.1 Å². The smallest absolute Gasteiger partial charge is 0.240 e. The summed E-state index contributed by atoms with van der Waals surface area (Å²) in [6.45, 7) is 3.87. The number of carbonyl (C=O) groups excluding carboxylic acids is 1. The van der Waals surface area contributed by atoms with E-state index >= 15 is 0 Å². The SMILES string of the molecule is CCCN(C(=O)[C@@H]1Cc2ccccc2CN1)C1CC1. The van der Waals surface area contributed by atoms with Crippen LogP contribution in [0.5, 0.6) is 0 Å². The Bertz CT molecular complexity index is 468. The molecule has 102 valence electrons. The molecule has 1 aliphatic carbocycles. The van der Waals surface area contributed by atoms with Gasteiger partial charge in [0.25, 0.3) is 0 Å². The zero-order valence-corrected chi connectivity index (χ0v) is 11.6. The first kappa shape index (κ1) is 12.7. The third-order valence-corrected chi connectivity index (χ3v) is 4.11. The van der Waals surface area contributed by atoms with Crippen molar-refractivity contribution in [2.45, 2.75) is 51.2 Å². The molecule has 1 aliphatic heterocycles. The molecule has 0 aromatic heterocycles. The molecule has 2 aliphatic rings. The molecule has 0 saturated heterocycles. The summed E-state index contributed by atoms with van der Waals surface area (Å²) in [5.74, 6) is 0.304. The van der Waals surface area contributed by atoms with Crippen molar-refractivity contribution in [2.75, 3.05) is 6.54 Å².